The van der Waals surface area contributed by atoms with Crippen LogP contribution < -0.4 is 10.2 Å². The number of piperidine rings is 1. The fourth-order valence-electron chi connectivity index (χ4n) is 4.14. The van der Waals surface area contributed by atoms with Crippen LogP contribution in [0.25, 0.3) is 22.3 Å². The van der Waals surface area contributed by atoms with E-state index in [0.717, 1.165) is 30.3 Å². The molecular formula is C24H29FN4O3. The van der Waals surface area contributed by atoms with Gasteiger partial charge in [-0.1, -0.05) is 12.1 Å². The van der Waals surface area contributed by atoms with Crippen LogP contribution in [0.2, 0.25) is 0 Å². The molecule has 32 heavy (non-hydrogen) atoms. The number of phenolic OH excluding ortho intramolecular Hbond substituents is 1. The number of carbonyl (C=O) groups is 1. The lowest BCUT2D eigenvalue weighted by Gasteiger charge is -2.34. The molecule has 8 heteroatoms. The van der Waals surface area contributed by atoms with Crippen LogP contribution in [0.15, 0.2) is 36.4 Å². The Morgan fingerprint density at radius 2 is 2.19 bits per heavy atom. The minimum Gasteiger partial charge on any atom is -0.507 e. The molecule has 0 saturated carbocycles. The second-order valence-electron chi connectivity index (χ2n) is 8.08. The van der Waals surface area contributed by atoms with E-state index in [0.29, 0.717) is 31.0 Å². The van der Waals surface area contributed by atoms with Crippen LogP contribution in [-0.2, 0) is 4.74 Å². The molecule has 0 unspecified atom stereocenters. The summed E-state index contributed by atoms with van der Waals surface area (Å²) in [5.41, 5.74) is 1.72. The van der Waals surface area contributed by atoms with Crippen LogP contribution in [-0.4, -0.2) is 47.4 Å². The van der Waals surface area contributed by atoms with E-state index in [4.69, 9.17) is 9.72 Å². The number of ether oxygens (including phenoxy) is 1. The predicted octanol–water partition coefficient (Wildman–Crippen LogP) is 4.66. The molecule has 0 radical (unpaired) electrons. The molecule has 3 aromatic rings. The molecule has 0 aliphatic carbocycles. The zero-order valence-electron chi connectivity index (χ0n) is 18.3. The first-order valence-electron chi connectivity index (χ1n) is 10.9. The molecule has 1 amide bonds. The summed E-state index contributed by atoms with van der Waals surface area (Å²) in [7, 11) is 0. The Balaban J connectivity index is 0.00000306. The summed E-state index contributed by atoms with van der Waals surface area (Å²) in [6.45, 7) is 6.07. The van der Waals surface area contributed by atoms with Gasteiger partial charge in [-0.2, -0.15) is 0 Å². The standard InChI is InChI=1S/C24H27FN4O3.H2/c1-3-32-24(31)26-13-16-6-5-11-29(14-16)23-17-10-9-15(2)12-19(17)27-22(28-23)21-18(25)7-4-8-20(21)30;/h4,7-10,12,16,30H,3,5-6,11,13-14H2,1-2H3,(H,26,31);1H/t16-;/m0./s1. The zero-order chi connectivity index (χ0) is 22.7. The molecule has 2 N–H and O–H groups in total. The van der Waals surface area contributed by atoms with E-state index >= 15 is 0 Å². The van der Waals surface area contributed by atoms with Crippen LogP contribution in [0.1, 0.15) is 26.8 Å². The van der Waals surface area contributed by atoms with E-state index in [1.54, 1.807) is 6.92 Å². The number of aromatic hydroxyl groups is 1. The van der Waals surface area contributed by atoms with Crippen molar-refractivity contribution in [2.24, 2.45) is 5.92 Å². The lowest BCUT2D eigenvalue weighted by molar-refractivity contribution is 0.150. The van der Waals surface area contributed by atoms with Gasteiger partial charge in [-0.05, 0) is 62.4 Å². The van der Waals surface area contributed by atoms with Gasteiger partial charge in [-0.25, -0.2) is 19.2 Å². The Bertz CT molecular complexity index is 1120. The smallest absolute Gasteiger partial charge is 0.407 e. The molecule has 1 aromatic heterocycles. The number of phenols is 1. The van der Waals surface area contributed by atoms with Crippen molar-refractivity contribution in [2.45, 2.75) is 26.7 Å². The third kappa shape index (κ3) is 4.59. The van der Waals surface area contributed by atoms with Gasteiger partial charge in [0.25, 0.3) is 0 Å². The normalized spacial score (nSPS) is 16.2. The first-order valence-corrected chi connectivity index (χ1v) is 10.9. The molecule has 1 atom stereocenters. The summed E-state index contributed by atoms with van der Waals surface area (Å²) in [6, 6.07) is 10.1. The van der Waals surface area contributed by atoms with Crippen LogP contribution in [0.3, 0.4) is 0 Å². The first-order chi connectivity index (χ1) is 15.5. The third-order valence-electron chi connectivity index (χ3n) is 5.68. The Kier molecular flexibility index (Phi) is 6.39. The second kappa shape index (κ2) is 9.38. The summed E-state index contributed by atoms with van der Waals surface area (Å²) < 4.78 is 19.5. The molecule has 0 spiro atoms. The van der Waals surface area contributed by atoms with E-state index in [-0.39, 0.29) is 24.5 Å². The van der Waals surface area contributed by atoms with Crippen LogP contribution in [0.4, 0.5) is 15.0 Å². The SMILES string of the molecule is CCOC(=O)NC[C@@H]1CCCN(c2nc(-c3c(O)cccc3F)nc3cc(C)ccc23)C1.[HH]. The molecule has 2 heterocycles. The molecule has 0 bridgehead atoms. The van der Waals surface area contributed by atoms with Crippen molar-refractivity contribution in [2.75, 3.05) is 31.1 Å². The highest BCUT2D eigenvalue weighted by Gasteiger charge is 2.25. The lowest BCUT2D eigenvalue weighted by atomic mass is 9.97. The van der Waals surface area contributed by atoms with Crippen molar-refractivity contribution in [1.82, 2.24) is 15.3 Å². The Morgan fingerprint density at radius 3 is 2.97 bits per heavy atom. The number of nitrogens with zero attached hydrogens (tertiary/aromatic N) is 3. The number of aryl methyl sites for hydroxylation is 1. The fourth-order valence-corrected chi connectivity index (χ4v) is 4.14. The quantitative estimate of drug-likeness (QED) is 0.600. The number of aromatic nitrogens is 2. The first kappa shape index (κ1) is 21.8. The van der Waals surface area contributed by atoms with Gasteiger partial charge < -0.3 is 20.1 Å². The Hall–Kier alpha value is -3.42. The van der Waals surface area contributed by atoms with E-state index in [1.165, 1.54) is 18.2 Å². The number of carbonyl (C=O) groups excluding carboxylic acids is 1. The largest absolute Gasteiger partial charge is 0.507 e. The number of anilines is 1. The number of benzene rings is 2. The van der Waals surface area contributed by atoms with Crippen molar-refractivity contribution in [3.8, 4) is 17.1 Å². The summed E-state index contributed by atoms with van der Waals surface area (Å²) in [6.07, 6.45) is 1.50. The maximum absolute atomic E-state index is 14.6. The van der Waals surface area contributed by atoms with Crippen LogP contribution in [0.5, 0.6) is 5.75 Å². The van der Waals surface area contributed by atoms with E-state index < -0.39 is 11.9 Å². The van der Waals surface area contributed by atoms with Gasteiger partial charge in [-0.3, -0.25) is 0 Å². The van der Waals surface area contributed by atoms with Crippen LogP contribution in [0, 0.1) is 18.7 Å². The molecule has 1 saturated heterocycles. The molecule has 1 aliphatic heterocycles. The lowest BCUT2D eigenvalue weighted by Crippen LogP contribution is -2.41. The highest BCUT2D eigenvalue weighted by molar-refractivity contribution is 5.92. The Morgan fingerprint density at radius 1 is 1.34 bits per heavy atom. The zero-order valence-corrected chi connectivity index (χ0v) is 18.3. The van der Waals surface area contributed by atoms with Crippen molar-refractivity contribution in [3.63, 3.8) is 0 Å². The molecule has 7 nitrogen and oxygen atoms in total. The number of rotatable bonds is 5. The number of halogens is 1. The third-order valence-corrected chi connectivity index (χ3v) is 5.68. The maximum Gasteiger partial charge on any atom is 0.407 e. The van der Waals surface area contributed by atoms with Gasteiger partial charge in [0.15, 0.2) is 5.82 Å². The summed E-state index contributed by atoms with van der Waals surface area (Å²) in [5, 5.41) is 14.0. The number of fused-ring (bicyclic) bond motifs is 1. The van der Waals surface area contributed by atoms with Gasteiger partial charge in [0.05, 0.1) is 17.7 Å². The summed E-state index contributed by atoms with van der Waals surface area (Å²) in [4.78, 5) is 23.1. The summed E-state index contributed by atoms with van der Waals surface area (Å²) >= 11 is 0. The van der Waals surface area contributed by atoms with Gasteiger partial charge in [0.1, 0.15) is 17.4 Å². The Labute approximate surface area is 187 Å². The van der Waals surface area contributed by atoms with E-state index in [9.17, 15) is 14.3 Å². The molecule has 4 rings (SSSR count). The van der Waals surface area contributed by atoms with Gasteiger partial charge in [0.2, 0.25) is 0 Å². The number of hydrogen-bond donors (Lipinski definition) is 2. The van der Waals surface area contributed by atoms with Crippen molar-refractivity contribution < 1.29 is 20.5 Å². The monoisotopic (exact) mass is 440 g/mol. The van der Waals surface area contributed by atoms with Gasteiger partial charge in [0, 0.05) is 26.4 Å². The van der Waals surface area contributed by atoms with E-state index in [1.807, 2.05) is 25.1 Å². The summed E-state index contributed by atoms with van der Waals surface area (Å²) in [5.74, 6) is 0.319. The van der Waals surface area contributed by atoms with Gasteiger partial charge >= 0.3 is 6.09 Å². The maximum atomic E-state index is 14.6. The average molecular weight is 441 g/mol. The molecule has 2 aromatic carbocycles. The number of alkyl carbamates (subject to hydrolysis) is 1. The van der Waals surface area contributed by atoms with Crippen molar-refractivity contribution >= 4 is 22.8 Å². The van der Waals surface area contributed by atoms with E-state index in [2.05, 4.69) is 15.2 Å². The predicted molar refractivity (Wildman–Crippen MR) is 123 cm³/mol. The number of amides is 1. The molecular weight excluding hydrogens is 411 g/mol. The highest BCUT2D eigenvalue weighted by Crippen LogP contribution is 2.34. The minimum absolute atomic E-state index is 0. The molecule has 1 fully saturated rings. The second-order valence-corrected chi connectivity index (χ2v) is 8.08. The van der Waals surface area contributed by atoms with Crippen molar-refractivity contribution in [1.29, 1.82) is 0 Å². The van der Waals surface area contributed by atoms with Crippen LogP contribution >= 0.6 is 0 Å². The number of hydrogen-bond acceptors (Lipinski definition) is 6. The van der Waals surface area contributed by atoms with Crippen molar-refractivity contribution in [3.05, 3.63) is 47.8 Å². The fraction of sp³-hybridized carbons (Fsp3) is 0.375. The minimum atomic E-state index is -0.571. The number of nitrogens with one attached hydrogen (secondary N) is 1. The average Bonchev–Trinajstić information content (AvgIpc) is 2.77. The van der Waals surface area contributed by atoms with Gasteiger partial charge in [-0.15, -0.1) is 0 Å². The molecule has 1 aliphatic rings. The molecule has 170 valence electrons. The topological polar surface area (TPSA) is 87.6 Å². The highest BCUT2D eigenvalue weighted by atomic mass is 19.1.